The van der Waals surface area contributed by atoms with E-state index in [0.717, 1.165) is 5.69 Å². The Morgan fingerprint density at radius 1 is 1.20 bits per heavy atom. The van der Waals surface area contributed by atoms with Crippen LogP contribution in [0.4, 0.5) is 5.69 Å². The van der Waals surface area contributed by atoms with Gasteiger partial charge in [0.25, 0.3) is 0 Å². The SMILES string of the molecule is CNc1ccc(C(O)C(O)CCO)cc1. The van der Waals surface area contributed by atoms with Crippen molar-refractivity contribution in [3.05, 3.63) is 29.8 Å². The smallest absolute Gasteiger partial charge is 0.105 e. The number of hydrogen-bond acceptors (Lipinski definition) is 4. The lowest BCUT2D eigenvalue weighted by molar-refractivity contribution is 0.00422. The van der Waals surface area contributed by atoms with Crippen LogP contribution in [0.3, 0.4) is 0 Å². The highest BCUT2D eigenvalue weighted by Gasteiger charge is 2.17. The van der Waals surface area contributed by atoms with Gasteiger partial charge in [-0.05, 0) is 24.1 Å². The van der Waals surface area contributed by atoms with Gasteiger partial charge in [0, 0.05) is 19.3 Å². The third-order valence-corrected chi connectivity index (χ3v) is 2.33. The third kappa shape index (κ3) is 3.20. The minimum atomic E-state index is -0.942. The van der Waals surface area contributed by atoms with Crippen LogP contribution in [0.1, 0.15) is 18.1 Å². The molecule has 0 saturated heterocycles. The normalized spacial score (nSPS) is 14.7. The Kier molecular flexibility index (Phi) is 4.55. The highest BCUT2D eigenvalue weighted by atomic mass is 16.3. The fourth-order valence-corrected chi connectivity index (χ4v) is 1.36. The van der Waals surface area contributed by atoms with Crippen molar-refractivity contribution in [3.63, 3.8) is 0 Å². The number of aliphatic hydroxyl groups excluding tert-OH is 3. The van der Waals surface area contributed by atoms with E-state index in [2.05, 4.69) is 5.32 Å². The maximum atomic E-state index is 9.70. The zero-order chi connectivity index (χ0) is 11.3. The summed E-state index contributed by atoms with van der Waals surface area (Å²) in [4.78, 5) is 0. The van der Waals surface area contributed by atoms with Crippen molar-refractivity contribution in [2.45, 2.75) is 18.6 Å². The molecule has 4 nitrogen and oxygen atoms in total. The number of nitrogens with one attached hydrogen (secondary N) is 1. The van der Waals surface area contributed by atoms with Crippen molar-refractivity contribution >= 4 is 5.69 Å². The molecule has 0 radical (unpaired) electrons. The van der Waals surface area contributed by atoms with Gasteiger partial charge in [-0.3, -0.25) is 0 Å². The Labute approximate surface area is 89.2 Å². The summed E-state index contributed by atoms with van der Waals surface area (Å²) in [7, 11) is 1.81. The second kappa shape index (κ2) is 5.70. The van der Waals surface area contributed by atoms with Crippen LogP contribution in [0.2, 0.25) is 0 Å². The second-order valence-corrected chi connectivity index (χ2v) is 3.40. The standard InChI is InChI=1S/C11H17NO3/c1-12-9-4-2-8(3-5-9)11(15)10(14)6-7-13/h2-5,10-15H,6-7H2,1H3. The van der Waals surface area contributed by atoms with Gasteiger partial charge in [-0.2, -0.15) is 0 Å². The molecule has 1 rings (SSSR count). The fourth-order valence-electron chi connectivity index (χ4n) is 1.36. The summed E-state index contributed by atoms with van der Waals surface area (Å²) in [6.07, 6.45) is -1.69. The van der Waals surface area contributed by atoms with Gasteiger partial charge in [0.2, 0.25) is 0 Å². The first-order valence-electron chi connectivity index (χ1n) is 4.93. The van der Waals surface area contributed by atoms with Crippen LogP contribution in [0, 0.1) is 0 Å². The molecule has 2 unspecified atom stereocenters. The number of rotatable bonds is 5. The van der Waals surface area contributed by atoms with E-state index < -0.39 is 12.2 Å². The van der Waals surface area contributed by atoms with E-state index in [-0.39, 0.29) is 13.0 Å². The first-order chi connectivity index (χ1) is 7.19. The molecule has 0 spiro atoms. The predicted molar refractivity (Wildman–Crippen MR) is 58.7 cm³/mol. The highest BCUT2D eigenvalue weighted by Crippen LogP contribution is 2.20. The van der Waals surface area contributed by atoms with Crippen LogP contribution in [0.5, 0.6) is 0 Å². The number of anilines is 1. The third-order valence-electron chi connectivity index (χ3n) is 2.33. The van der Waals surface area contributed by atoms with Gasteiger partial charge < -0.3 is 20.6 Å². The molecule has 1 aromatic carbocycles. The van der Waals surface area contributed by atoms with Crippen LogP contribution < -0.4 is 5.32 Å². The van der Waals surface area contributed by atoms with Gasteiger partial charge in [0.05, 0.1) is 6.10 Å². The molecule has 0 aromatic heterocycles. The van der Waals surface area contributed by atoms with Crippen LogP contribution in [-0.4, -0.2) is 35.1 Å². The van der Waals surface area contributed by atoms with Crippen LogP contribution in [0.15, 0.2) is 24.3 Å². The summed E-state index contributed by atoms with van der Waals surface area (Å²) < 4.78 is 0. The zero-order valence-corrected chi connectivity index (χ0v) is 8.72. The molecule has 0 heterocycles. The van der Waals surface area contributed by atoms with Crippen molar-refractivity contribution in [2.24, 2.45) is 0 Å². The Morgan fingerprint density at radius 2 is 1.80 bits per heavy atom. The molecule has 4 N–H and O–H groups in total. The topological polar surface area (TPSA) is 72.7 Å². The molecule has 0 aliphatic rings. The molecule has 0 fully saturated rings. The number of aliphatic hydroxyl groups is 3. The molecule has 4 heteroatoms. The maximum Gasteiger partial charge on any atom is 0.105 e. The fraction of sp³-hybridized carbons (Fsp3) is 0.455. The Morgan fingerprint density at radius 3 is 2.27 bits per heavy atom. The second-order valence-electron chi connectivity index (χ2n) is 3.40. The lowest BCUT2D eigenvalue weighted by Crippen LogP contribution is -2.19. The molecule has 1 aromatic rings. The lowest BCUT2D eigenvalue weighted by Gasteiger charge is -2.17. The minimum Gasteiger partial charge on any atom is -0.396 e. The van der Waals surface area contributed by atoms with Crippen molar-refractivity contribution in [1.82, 2.24) is 0 Å². The van der Waals surface area contributed by atoms with E-state index in [0.29, 0.717) is 5.56 Å². The number of benzene rings is 1. The van der Waals surface area contributed by atoms with Crippen molar-refractivity contribution in [2.75, 3.05) is 19.0 Å². The van der Waals surface area contributed by atoms with E-state index in [9.17, 15) is 10.2 Å². The monoisotopic (exact) mass is 211 g/mol. The molecular weight excluding hydrogens is 194 g/mol. The molecule has 0 saturated carbocycles. The van der Waals surface area contributed by atoms with Gasteiger partial charge in [-0.25, -0.2) is 0 Å². The van der Waals surface area contributed by atoms with Gasteiger partial charge in [-0.1, -0.05) is 12.1 Å². The van der Waals surface area contributed by atoms with Crippen molar-refractivity contribution in [1.29, 1.82) is 0 Å². The van der Waals surface area contributed by atoms with Gasteiger partial charge >= 0.3 is 0 Å². The van der Waals surface area contributed by atoms with E-state index in [4.69, 9.17) is 5.11 Å². The molecule has 2 atom stereocenters. The van der Waals surface area contributed by atoms with Gasteiger partial charge in [0.15, 0.2) is 0 Å². The maximum absolute atomic E-state index is 9.70. The molecule has 0 amide bonds. The quantitative estimate of drug-likeness (QED) is 0.572. The average molecular weight is 211 g/mol. The molecule has 15 heavy (non-hydrogen) atoms. The number of hydrogen-bond donors (Lipinski definition) is 4. The highest BCUT2D eigenvalue weighted by molar-refractivity contribution is 5.44. The largest absolute Gasteiger partial charge is 0.396 e. The van der Waals surface area contributed by atoms with Crippen LogP contribution in [0.25, 0.3) is 0 Å². The summed E-state index contributed by atoms with van der Waals surface area (Å²) in [6.45, 7) is -0.132. The summed E-state index contributed by atoms with van der Waals surface area (Å²) in [6, 6.07) is 7.14. The van der Waals surface area contributed by atoms with Gasteiger partial charge in [0.1, 0.15) is 6.10 Å². The Bertz CT molecular complexity index is 286. The van der Waals surface area contributed by atoms with E-state index in [1.54, 1.807) is 12.1 Å². The van der Waals surface area contributed by atoms with Gasteiger partial charge in [-0.15, -0.1) is 0 Å². The molecular formula is C11H17NO3. The first-order valence-corrected chi connectivity index (χ1v) is 4.93. The van der Waals surface area contributed by atoms with E-state index >= 15 is 0 Å². The van der Waals surface area contributed by atoms with Crippen LogP contribution in [-0.2, 0) is 0 Å². The zero-order valence-electron chi connectivity index (χ0n) is 8.72. The first kappa shape index (κ1) is 12.0. The van der Waals surface area contributed by atoms with E-state index in [1.165, 1.54) is 0 Å². The van der Waals surface area contributed by atoms with Crippen LogP contribution >= 0.6 is 0 Å². The molecule has 84 valence electrons. The Balaban J connectivity index is 2.69. The van der Waals surface area contributed by atoms with Crippen molar-refractivity contribution < 1.29 is 15.3 Å². The summed E-state index contributed by atoms with van der Waals surface area (Å²) in [5.41, 5.74) is 1.59. The van der Waals surface area contributed by atoms with Crippen molar-refractivity contribution in [3.8, 4) is 0 Å². The van der Waals surface area contributed by atoms with E-state index in [1.807, 2.05) is 19.2 Å². The molecule has 0 bridgehead atoms. The molecule has 0 aliphatic carbocycles. The lowest BCUT2D eigenvalue weighted by atomic mass is 10.0. The predicted octanol–water partition coefficient (Wildman–Crippen LogP) is 0.505. The molecule has 0 aliphatic heterocycles. The average Bonchev–Trinajstić information content (AvgIpc) is 2.28. The Hall–Kier alpha value is -1.10. The minimum absolute atomic E-state index is 0.132. The summed E-state index contributed by atoms with van der Waals surface area (Å²) >= 11 is 0. The summed E-state index contributed by atoms with van der Waals surface area (Å²) in [5, 5.41) is 30.8. The summed E-state index contributed by atoms with van der Waals surface area (Å²) in [5.74, 6) is 0.